The Balaban J connectivity index is 2.04. The second-order valence-corrected chi connectivity index (χ2v) is 5.91. The van der Waals surface area contributed by atoms with Crippen LogP contribution in [0, 0.1) is 5.92 Å². The molecule has 2 nitrogen and oxygen atoms in total. The van der Waals surface area contributed by atoms with E-state index in [4.69, 9.17) is 4.74 Å². The molecule has 1 aromatic rings. The molecule has 17 heavy (non-hydrogen) atoms. The van der Waals surface area contributed by atoms with Gasteiger partial charge in [0.2, 0.25) is 0 Å². The lowest BCUT2D eigenvalue weighted by molar-refractivity contribution is 0.187. The predicted molar refractivity (Wildman–Crippen MR) is 72.6 cm³/mol. The first-order chi connectivity index (χ1) is 8.07. The van der Waals surface area contributed by atoms with Crippen molar-refractivity contribution < 1.29 is 4.74 Å². The van der Waals surface area contributed by atoms with Gasteiger partial charge in [0.05, 0.1) is 6.61 Å². The lowest BCUT2D eigenvalue weighted by atomic mass is 9.85. The molecule has 1 aromatic carbocycles. The Bertz CT molecular complexity index is 361. The molecule has 0 spiro atoms. The second-order valence-electron chi connectivity index (χ2n) is 5.91. The Labute approximate surface area is 104 Å². The molecule has 1 saturated heterocycles. The normalized spacial score (nSPS) is 20.5. The van der Waals surface area contributed by atoms with E-state index in [0.29, 0.717) is 5.92 Å². The van der Waals surface area contributed by atoms with E-state index in [-0.39, 0.29) is 5.41 Å². The minimum Gasteiger partial charge on any atom is -0.384 e. The van der Waals surface area contributed by atoms with E-state index in [2.05, 4.69) is 50.4 Å². The number of hydrogen-bond acceptors (Lipinski definition) is 2. The van der Waals surface area contributed by atoms with Crippen molar-refractivity contribution in [1.29, 1.82) is 0 Å². The van der Waals surface area contributed by atoms with Crippen molar-refractivity contribution in [3.63, 3.8) is 0 Å². The molecule has 0 saturated carbocycles. The van der Waals surface area contributed by atoms with Gasteiger partial charge in [0.1, 0.15) is 0 Å². The van der Waals surface area contributed by atoms with Gasteiger partial charge < -0.3 is 10.1 Å². The molecule has 1 atom stereocenters. The monoisotopic (exact) mass is 233 g/mol. The van der Waals surface area contributed by atoms with E-state index in [1.807, 2.05) is 0 Å². The molecule has 1 fully saturated rings. The van der Waals surface area contributed by atoms with E-state index in [0.717, 1.165) is 19.8 Å². The van der Waals surface area contributed by atoms with E-state index in [1.165, 1.54) is 17.7 Å². The first kappa shape index (κ1) is 12.4. The van der Waals surface area contributed by atoms with Gasteiger partial charge in [0, 0.05) is 24.8 Å². The van der Waals surface area contributed by atoms with Crippen LogP contribution in [-0.4, -0.2) is 19.8 Å². The number of benzene rings is 1. The maximum atomic E-state index is 5.40. The van der Waals surface area contributed by atoms with Gasteiger partial charge in [-0.25, -0.2) is 0 Å². The number of rotatable bonds is 3. The van der Waals surface area contributed by atoms with Gasteiger partial charge in [-0.2, -0.15) is 0 Å². The topological polar surface area (TPSA) is 21.3 Å². The van der Waals surface area contributed by atoms with Crippen LogP contribution in [0.4, 0.5) is 5.69 Å². The third-order valence-corrected chi connectivity index (χ3v) is 3.34. The highest BCUT2D eigenvalue weighted by molar-refractivity contribution is 5.54. The maximum absolute atomic E-state index is 5.40. The summed E-state index contributed by atoms with van der Waals surface area (Å²) in [6.45, 7) is 9.62. The molecule has 1 unspecified atom stereocenters. The fourth-order valence-corrected chi connectivity index (χ4v) is 2.29. The largest absolute Gasteiger partial charge is 0.384 e. The average Bonchev–Trinajstić information content (AvgIpc) is 2.78. The van der Waals surface area contributed by atoms with Crippen LogP contribution in [0.2, 0.25) is 0 Å². The van der Waals surface area contributed by atoms with E-state index < -0.39 is 0 Å². The lowest BCUT2D eigenvalue weighted by Gasteiger charge is -2.24. The first-order valence-corrected chi connectivity index (χ1v) is 6.48. The fraction of sp³-hybridized carbons (Fsp3) is 0.600. The van der Waals surface area contributed by atoms with Crippen molar-refractivity contribution in [3.8, 4) is 0 Å². The van der Waals surface area contributed by atoms with Crippen molar-refractivity contribution in [2.24, 2.45) is 5.92 Å². The average molecular weight is 233 g/mol. The summed E-state index contributed by atoms with van der Waals surface area (Å²) in [5, 5.41) is 3.58. The van der Waals surface area contributed by atoms with Gasteiger partial charge >= 0.3 is 0 Å². The highest BCUT2D eigenvalue weighted by Crippen LogP contribution is 2.29. The Kier molecular flexibility index (Phi) is 3.72. The highest BCUT2D eigenvalue weighted by Gasteiger charge is 2.19. The standard InChI is InChI=1S/C15H23NO/c1-15(2,3)13-6-4-5-7-14(13)16-10-12-8-9-17-11-12/h4-7,12,16H,8-11H2,1-3H3. The predicted octanol–water partition coefficient (Wildman–Crippen LogP) is 3.43. The van der Waals surface area contributed by atoms with Gasteiger partial charge in [-0.3, -0.25) is 0 Å². The smallest absolute Gasteiger partial charge is 0.0511 e. The Morgan fingerprint density at radius 2 is 2.06 bits per heavy atom. The molecule has 2 heteroatoms. The molecular formula is C15H23NO. The summed E-state index contributed by atoms with van der Waals surface area (Å²) < 4.78 is 5.40. The molecule has 0 radical (unpaired) electrons. The molecule has 0 aromatic heterocycles. The minimum atomic E-state index is 0.190. The van der Waals surface area contributed by atoms with Crippen LogP contribution in [0.3, 0.4) is 0 Å². The summed E-state index contributed by atoms with van der Waals surface area (Å²) in [6, 6.07) is 8.61. The molecule has 94 valence electrons. The SMILES string of the molecule is CC(C)(C)c1ccccc1NCC1CCOC1. The fourth-order valence-electron chi connectivity index (χ4n) is 2.29. The van der Waals surface area contributed by atoms with Gasteiger partial charge in [-0.15, -0.1) is 0 Å². The zero-order valence-electron chi connectivity index (χ0n) is 11.1. The van der Waals surface area contributed by atoms with Gasteiger partial charge in [0.15, 0.2) is 0 Å². The quantitative estimate of drug-likeness (QED) is 0.863. The number of hydrogen-bond donors (Lipinski definition) is 1. The Morgan fingerprint density at radius 1 is 1.29 bits per heavy atom. The highest BCUT2D eigenvalue weighted by atomic mass is 16.5. The molecular weight excluding hydrogens is 210 g/mol. The van der Waals surface area contributed by atoms with Crippen molar-refractivity contribution in [2.45, 2.75) is 32.6 Å². The molecule has 1 heterocycles. The first-order valence-electron chi connectivity index (χ1n) is 6.48. The summed E-state index contributed by atoms with van der Waals surface area (Å²) >= 11 is 0. The summed E-state index contributed by atoms with van der Waals surface area (Å²) in [7, 11) is 0. The lowest BCUT2D eigenvalue weighted by Crippen LogP contribution is -2.19. The molecule has 0 amide bonds. The van der Waals surface area contributed by atoms with Crippen LogP contribution < -0.4 is 5.32 Å². The zero-order valence-corrected chi connectivity index (χ0v) is 11.1. The number of anilines is 1. The van der Waals surface area contributed by atoms with Crippen LogP contribution >= 0.6 is 0 Å². The summed E-state index contributed by atoms with van der Waals surface area (Å²) in [5.74, 6) is 0.669. The van der Waals surface area contributed by atoms with Crippen LogP contribution in [0.25, 0.3) is 0 Å². The molecule has 2 rings (SSSR count). The molecule has 1 aliphatic rings. The van der Waals surface area contributed by atoms with Crippen LogP contribution in [0.1, 0.15) is 32.8 Å². The maximum Gasteiger partial charge on any atom is 0.0511 e. The van der Waals surface area contributed by atoms with Crippen LogP contribution in [0.15, 0.2) is 24.3 Å². The third-order valence-electron chi connectivity index (χ3n) is 3.34. The van der Waals surface area contributed by atoms with Gasteiger partial charge in [0.25, 0.3) is 0 Å². The number of nitrogens with one attached hydrogen (secondary N) is 1. The van der Waals surface area contributed by atoms with E-state index >= 15 is 0 Å². The number of para-hydroxylation sites is 1. The minimum absolute atomic E-state index is 0.190. The second kappa shape index (κ2) is 5.09. The van der Waals surface area contributed by atoms with Crippen molar-refractivity contribution >= 4 is 5.69 Å². The van der Waals surface area contributed by atoms with E-state index in [9.17, 15) is 0 Å². The van der Waals surface area contributed by atoms with Crippen molar-refractivity contribution in [1.82, 2.24) is 0 Å². The van der Waals surface area contributed by atoms with Crippen LogP contribution in [-0.2, 0) is 10.2 Å². The van der Waals surface area contributed by atoms with Gasteiger partial charge in [-0.1, -0.05) is 39.0 Å². The van der Waals surface area contributed by atoms with E-state index in [1.54, 1.807) is 0 Å². The molecule has 0 bridgehead atoms. The third kappa shape index (κ3) is 3.22. The molecule has 1 N–H and O–H groups in total. The van der Waals surface area contributed by atoms with Crippen molar-refractivity contribution in [2.75, 3.05) is 25.1 Å². The Hall–Kier alpha value is -1.02. The summed E-state index contributed by atoms with van der Waals surface area (Å²) in [4.78, 5) is 0. The number of ether oxygens (including phenoxy) is 1. The van der Waals surface area contributed by atoms with Gasteiger partial charge in [-0.05, 0) is 23.5 Å². The van der Waals surface area contributed by atoms with Crippen LogP contribution in [0.5, 0.6) is 0 Å². The molecule has 0 aliphatic carbocycles. The zero-order chi connectivity index (χ0) is 12.3. The Morgan fingerprint density at radius 3 is 2.71 bits per heavy atom. The molecule has 1 aliphatic heterocycles. The summed E-state index contributed by atoms with van der Waals surface area (Å²) in [6.07, 6.45) is 1.19. The van der Waals surface area contributed by atoms with Crippen molar-refractivity contribution in [3.05, 3.63) is 29.8 Å². The summed E-state index contributed by atoms with van der Waals surface area (Å²) in [5.41, 5.74) is 2.85.